The summed E-state index contributed by atoms with van der Waals surface area (Å²) in [4.78, 5) is 4.19. The molecule has 2 saturated heterocycles. The summed E-state index contributed by atoms with van der Waals surface area (Å²) in [6.45, 7) is 3.83. The minimum Gasteiger partial charge on any atom is -0.478 e. The fourth-order valence-electron chi connectivity index (χ4n) is 2.50. The molecular weight excluding hydrogens is 296 g/mol. The van der Waals surface area contributed by atoms with Gasteiger partial charge in [-0.1, -0.05) is 0 Å². The zero-order valence-corrected chi connectivity index (χ0v) is 12.6. The van der Waals surface area contributed by atoms with Gasteiger partial charge in [-0.25, -0.2) is 13.4 Å². The lowest BCUT2D eigenvalue weighted by molar-refractivity contribution is -0.166. The highest BCUT2D eigenvalue weighted by atomic mass is 32.2. The van der Waals surface area contributed by atoms with Crippen LogP contribution >= 0.6 is 0 Å². The van der Waals surface area contributed by atoms with Crippen molar-refractivity contribution in [3.8, 4) is 5.88 Å². The Morgan fingerprint density at radius 2 is 2.05 bits per heavy atom. The Kier molecular flexibility index (Phi) is 4.12. The largest absolute Gasteiger partial charge is 0.478 e. The molecule has 2 bridgehead atoms. The Hall–Kier alpha value is -1.22. The molecule has 2 unspecified atom stereocenters. The zero-order valence-electron chi connectivity index (χ0n) is 11.8. The summed E-state index contributed by atoms with van der Waals surface area (Å²) in [6.07, 6.45) is 0.952. The number of rotatable bonds is 4. The van der Waals surface area contributed by atoms with Crippen molar-refractivity contribution in [1.82, 2.24) is 9.29 Å². The van der Waals surface area contributed by atoms with E-state index in [2.05, 4.69) is 4.98 Å². The van der Waals surface area contributed by atoms with E-state index in [4.69, 9.17) is 14.2 Å². The molecule has 116 valence electrons. The van der Waals surface area contributed by atoms with E-state index in [1.165, 1.54) is 16.6 Å². The molecule has 7 nitrogen and oxygen atoms in total. The molecule has 1 aromatic heterocycles. The quantitative estimate of drug-likeness (QED) is 0.794. The monoisotopic (exact) mass is 314 g/mol. The smallest absolute Gasteiger partial charge is 0.244 e. The highest BCUT2D eigenvalue weighted by Crippen LogP contribution is 2.24. The van der Waals surface area contributed by atoms with Gasteiger partial charge in [0.2, 0.25) is 15.9 Å². The molecule has 3 rings (SSSR count). The molecule has 0 aromatic carbocycles. The minimum absolute atomic E-state index is 0.173. The van der Waals surface area contributed by atoms with Gasteiger partial charge in [-0.05, 0) is 13.0 Å². The number of aromatic nitrogens is 1. The average Bonchev–Trinajstić information content (AvgIpc) is 2.48. The maximum absolute atomic E-state index is 12.6. The van der Waals surface area contributed by atoms with Crippen molar-refractivity contribution >= 4 is 10.0 Å². The van der Waals surface area contributed by atoms with Crippen LogP contribution in [0.3, 0.4) is 0 Å². The Bertz CT molecular complexity index is 577. The van der Waals surface area contributed by atoms with Gasteiger partial charge in [0.15, 0.2) is 0 Å². The Morgan fingerprint density at radius 1 is 1.33 bits per heavy atom. The van der Waals surface area contributed by atoms with Crippen molar-refractivity contribution in [2.24, 2.45) is 0 Å². The van der Waals surface area contributed by atoms with E-state index in [0.29, 0.717) is 38.8 Å². The molecule has 0 N–H and O–H groups in total. The fourth-order valence-corrected chi connectivity index (χ4v) is 3.95. The Labute approximate surface area is 123 Å². The number of hydrogen-bond donors (Lipinski definition) is 0. The first-order chi connectivity index (χ1) is 10.1. The first-order valence-corrected chi connectivity index (χ1v) is 8.36. The summed E-state index contributed by atoms with van der Waals surface area (Å²) in [5.74, 6) is 0.420. The minimum atomic E-state index is -3.56. The van der Waals surface area contributed by atoms with Crippen molar-refractivity contribution < 1.29 is 22.6 Å². The number of ether oxygens (including phenoxy) is 3. The van der Waals surface area contributed by atoms with Crippen LogP contribution in [0.5, 0.6) is 5.88 Å². The van der Waals surface area contributed by atoms with Gasteiger partial charge in [0.05, 0.1) is 38.2 Å². The van der Waals surface area contributed by atoms with E-state index in [1.807, 2.05) is 6.92 Å². The molecule has 0 aliphatic carbocycles. The second-order valence-electron chi connectivity index (χ2n) is 5.00. The third-order valence-corrected chi connectivity index (χ3v) is 5.26. The number of hydrogen-bond acceptors (Lipinski definition) is 6. The van der Waals surface area contributed by atoms with E-state index < -0.39 is 10.0 Å². The van der Waals surface area contributed by atoms with Crippen LogP contribution in [0.2, 0.25) is 0 Å². The van der Waals surface area contributed by atoms with Gasteiger partial charge >= 0.3 is 0 Å². The van der Waals surface area contributed by atoms with Crippen LogP contribution in [0, 0.1) is 0 Å². The first-order valence-electron chi connectivity index (χ1n) is 6.92. The topological polar surface area (TPSA) is 78.0 Å². The molecule has 0 radical (unpaired) electrons. The molecule has 3 heterocycles. The first kappa shape index (κ1) is 14.7. The molecule has 8 heteroatoms. The van der Waals surface area contributed by atoms with Gasteiger partial charge in [0.25, 0.3) is 0 Å². The van der Waals surface area contributed by atoms with Gasteiger partial charge < -0.3 is 14.2 Å². The van der Waals surface area contributed by atoms with Gasteiger partial charge in [-0.15, -0.1) is 0 Å². The standard InChI is InChI=1S/C13H18N2O5S/c1-2-19-13-4-3-12(5-14-13)21(16,17)15-6-10-8-18-9-11(7-15)20-10/h3-5,10-11H,2,6-9H2,1H3. The normalized spacial score (nSPS) is 26.5. The van der Waals surface area contributed by atoms with Crippen LogP contribution in [0.15, 0.2) is 23.2 Å². The number of nitrogens with zero attached hydrogens (tertiary/aromatic N) is 2. The van der Waals surface area contributed by atoms with Crippen molar-refractivity contribution in [2.45, 2.75) is 24.0 Å². The second-order valence-corrected chi connectivity index (χ2v) is 6.94. The van der Waals surface area contributed by atoms with Crippen LogP contribution in [-0.4, -0.2) is 62.8 Å². The molecule has 0 saturated carbocycles. The van der Waals surface area contributed by atoms with Crippen LogP contribution in [-0.2, 0) is 19.5 Å². The van der Waals surface area contributed by atoms with Gasteiger partial charge in [-0.3, -0.25) is 0 Å². The highest BCUT2D eigenvalue weighted by Gasteiger charge is 2.38. The van der Waals surface area contributed by atoms with Crippen molar-refractivity contribution in [2.75, 3.05) is 32.9 Å². The Balaban J connectivity index is 1.79. The van der Waals surface area contributed by atoms with Crippen molar-refractivity contribution in [3.63, 3.8) is 0 Å². The lowest BCUT2D eigenvalue weighted by Crippen LogP contribution is -2.55. The van der Waals surface area contributed by atoms with Crippen LogP contribution in [0.4, 0.5) is 0 Å². The maximum atomic E-state index is 12.6. The lowest BCUT2D eigenvalue weighted by Gasteiger charge is -2.40. The third-order valence-electron chi connectivity index (χ3n) is 3.45. The summed E-state index contributed by atoms with van der Waals surface area (Å²) in [6, 6.07) is 3.09. The number of fused-ring (bicyclic) bond motifs is 2. The van der Waals surface area contributed by atoms with Crippen LogP contribution in [0.25, 0.3) is 0 Å². The fraction of sp³-hybridized carbons (Fsp3) is 0.615. The molecule has 21 heavy (non-hydrogen) atoms. The SMILES string of the molecule is CCOc1ccc(S(=O)(=O)N2CC3COCC(C2)O3)cn1. The van der Waals surface area contributed by atoms with Crippen molar-refractivity contribution in [1.29, 1.82) is 0 Å². The maximum Gasteiger partial charge on any atom is 0.244 e. The van der Waals surface area contributed by atoms with Crippen LogP contribution < -0.4 is 4.74 Å². The summed E-state index contributed by atoms with van der Waals surface area (Å²) >= 11 is 0. The van der Waals surface area contributed by atoms with E-state index in [1.54, 1.807) is 6.07 Å². The number of morpholine rings is 1. The summed E-state index contributed by atoms with van der Waals surface area (Å²) in [5.41, 5.74) is 0. The van der Waals surface area contributed by atoms with E-state index in [0.717, 1.165) is 0 Å². The molecule has 2 fully saturated rings. The van der Waals surface area contributed by atoms with E-state index in [-0.39, 0.29) is 17.1 Å². The van der Waals surface area contributed by atoms with E-state index >= 15 is 0 Å². The second kappa shape index (κ2) is 5.88. The lowest BCUT2D eigenvalue weighted by atomic mass is 10.2. The third kappa shape index (κ3) is 3.03. The molecule has 0 spiro atoms. The highest BCUT2D eigenvalue weighted by molar-refractivity contribution is 7.89. The van der Waals surface area contributed by atoms with Crippen LogP contribution in [0.1, 0.15) is 6.92 Å². The molecule has 2 atom stereocenters. The van der Waals surface area contributed by atoms with Gasteiger partial charge in [0.1, 0.15) is 4.90 Å². The van der Waals surface area contributed by atoms with Crippen molar-refractivity contribution in [3.05, 3.63) is 18.3 Å². The zero-order chi connectivity index (χ0) is 14.9. The number of pyridine rings is 1. The van der Waals surface area contributed by atoms with E-state index in [9.17, 15) is 8.42 Å². The summed E-state index contributed by atoms with van der Waals surface area (Å²) < 4.78 is 43.0. The van der Waals surface area contributed by atoms with Gasteiger partial charge in [-0.2, -0.15) is 4.31 Å². The Morgan fingerprint density at radius 3 is 2.62 bits per heavy atom. The number of sulfonamides is 1. The predicted octanol–water partition coefficient (Wildman–Crippen LogP) is 0.269. The molecular formula is C13H18N2O5S. The predicted molar refractivity (Wildman–Crippen MR) is 73.6 cm³/mol. The summed E-state index contributed by atoms with van der Waals surface area (Å²) in [7, 11) is -3.56. The molecule has 2 aliphatic rings. The average molecular weight is 314 g/mol. The summed E-state index contributed by atoms with van der Waals surface area (Å²) in [5, 5.41) is 0. The molecule has 2 aliphatic heterocycles. The molecule has 1 aromatic rings. The van der Waals surface area contributed by atoms with Gasteiger partial charge in [0, 0.05) is 19.2 Å². The molecule has 0 amide bonds.